The minimum atomic E-state index is -0.872. The van der Waals surface area contributed by atoms with Crippen LogP contribution in [-0.4, -0.2) is 35.4 Å². The van der Waals surface area contributed by atoms with E-state index in [0.29, 0.717) is 0 Å². The summed E-state index contributed by atoms with van der Waals surface area (Å²) in [6.07, 6.45) is -1.26. The minimum absolute atomic E-state index is 0.00539. The van der Waals surface area contributed by atoms with E-state index in [1.54, 1.807) is 6.92 Å². The summed E-state index contributed by atoms with van der Waals surface area (Å²) in [5.41, 5.74) is 0. The van der Waals surface area contributed by atoms with Gasteiger partial charge in [-0.05, 0) is 6.92 Å². The third-order valence-corrected chi connectivity index (χ3v) is 1.64. The van der Waals surface area contributed by atoms with Gasteiger partial charge in [-0.3, -0.25) is 9.59 Å². The molecule has 0 aliphatic heterocycles. The molecular formula is C8H13ClO4. The van der Waals surface area contributed by atoms with Gasteiger partial charge in [0.15, 0.2) is 0 Å². The molecule has 0 aliphatic carbocycles. The van der Waals surface area contributed by atoms with E-state index in [1.165, 1.54) is 0 Å². The Bertz CT molecular complexity index is 181. The van der Waals surface area contributed by atoms with Crippen molar-refractivity contribution in [3.63, 3.8) is 0 Å². The lowest BCUT2D eigenvalue weighted by atomic mass is 10.1. The second-order valence-corrected chi connectivity index (χ2v) is 2.84. The fourth-order valence-corrected chi connectivity index (χ4v) is 0.872. The average molecular weight is 209 g/mol. The van der Waals surface area contributed by atoms with Crippen LogP contribution in [0.4, 0.5) is 0 Å². The number of aliphatic hydroxyl groups excluding tert-OH is 1. The molecule has 1 N–H and O–H groups in total. The molecular weight excluding hydrogens is 196 g/mol. The zero-order chi connectivity index (χ0) is 10.3. The Morgan fingerprint density at radius 2 is 2.15 bits per heavy atom. The van der Waals surface area contributed by atoms with Gasteiger partial charge < -0.3 is 9.84 Å². The maximum Gasteiger partial charge on any atom is 0.313 e. The van der Waals surface area contributed by atoms with Crippen molar-refractivity contribution < 1.29 is 19.4 Å². The van der Waals surface area contributed by atoms with Crippen LogP contribution in [0.2, 0.25) is 0 Å². The van der Waals surface area contributed by atoms with Gasteiger partial charge in [-0.25, -0.2) is 0 Å². The van der Waals surface area contributed by atoms with Gasteiger partial charge in [-0.15, -0.1) is 11.6 Å². The van der Waals surface area contributed by atoms with Crippen LogP contribution in [0.3, 0.4) is 0 Å². The van der Waals surface area contributed by atoms with Gasteiger partial charge in [0.2, 0.25) is 0 Å². The van der Waals surface area contributed by atoms with E-state index >= 15 is 0 Å². The molecule has 0 bridgehead atoms. The lowest BCUT2D eigenvalue weighted by Crippen LogP contribution is -2.18. The van der Waals surface area contributed by atoms with Gasteiger partial charge in [0, 0.05) is 12.3 Å². The molecule has 0 radical (unpaired) electrons. The van der Waals surface area contributed by atoms with Crippen LogP contribution in [0.1, 0.15) is 19.8 Å². The van der Waals surface area contributed by atoms with E-state index in [1.807, 2.05) is 0 Å². The van der Waals surface area contributed by atoms with Crippen LogP contribution in [0.15, 0.2) is 0 Å². The molecule has 0 amide bonds. The first-order chi connectivity index (χ1) is 6.10. The van der Waals surface area contributed by atoms with Crippen LogP contribution >= 0.6 is 11.6 Å². The summed E-state index contributed by atoms with van der Waals surface area (Å²) in [6, 6.07) is 0. The van der Waals surface area contributed by atoms with E-state index in [2.05, 4.69) is 4.74 Å². The number of halogens is 1. The van der Waals surface area contributed by atoms with Gasteiger partial charge >= 0.3 is 5.97 Å². The fourth-order valence-electron chi connectivity index (χ4n) is 0.763. The second-order valence-electron chi connectivity index (χ2n) is 2.53. The van der Waals surface area contributed by atoms with Crippen LogP contribution in [-0.2, 0) is 14.3 Å². The third kappa shape index (κ3) is 6.54. The lowest BCUT2D eigenvalue weighted by Gasteiger charge is -2.04. The lowest BCUT2D eigenvalue weighted by molar-refractivity contribution is -0.145. The predicted molar refractivity (Wildman–Crippen MR) is 47.6 cm³/mol. The zero-order valence-electron chi connectivity index (χ0n) is 7.46. The quantitative estimate of drug-likeness (QED) is 0.392. The number of esters is 1. The first-order valence-corrected chi connectivity index (χ1v) is 4.55. The summed E-state index contributed by atoms with van der Waals surface area (Å²) >= 11 is 5.28. The van der Waals surface area contributed by atoms with E-state index < -0.39 is 12.1 Å². The summed E-state index contributed by atoms with van der Waals surface area (Å²) < 4.78 is 4.55. The molecule has 0 aromatic rings. The molecule has 0 aromatic heterocycles. The van der Waals surface area contributed by atoms with Crippen molar-refractivity contribution in [2.45, 2.75) is 25.9 Å². The summed E-state index contributed by atoms with van der Waals surface area (Å²) in [4.78, 5) is 21.7. The molecule has 1 unspecified atom stereocenters. The van der Waals surface area contributed by atoms with Crippen molar-refractivity contribution >= 4 is 23.4 Å². The molecule has 5 heteroatoms. The molecule has 1 atom stereocenters. The Balaban J connectivity index is 3.67. The maximum atomic E-state index is 11.0. The number of carbonyl (C=O) groups excluding carboxylic acids is 2. The molecule has 0 rings (SSSR count). The van der Waals surface area contributed by atoms with E-state index in [9.17, 15) is 9.59 Å². The number of hydrogen-bond acceptors (Lipinski definition) is 4. The van der Waals surface area contributed by atoms with Gasteiger partial charge in [-0.1, -0.05) is 0 Å². The Hall–Kier alpha value is -0.610. The summed E-state index contributed by atoms with van der Waals surface area (Å²) in [5.74, 6) is -0.921. The topological polar surface area (TPSA) is 63.6 Å². The van der Waals surface area contributed by atoms with Crippen LogP contribution < -0.4 is 0 Å². The highest BCUT2D eigenvalue weighted by Crippen LogP contribution is 1.99. The third-order valence-electron chi connectivity index (χ3n) is 1.29. The first-order valence-electron chi connectivity index (χ1n) is 4.01. The van der Waals surface area contributed by atoms with Crippen molar-refractivity contribution in [1.29, 1.82) is 0 Å². The maximum absolute atomic E-state index is 11.0. The highest BCUT2D eigenvalue weighted by molar-refractivity contribution is 6.18. The highest BCUT2D eigenvalue weighted by atomic mass is 35.5. The average Bonchev–Trinajstić information content (AvgIpc) is 2.04. The smallest absolute Gasteiger partial charge is 0.313 e. The van der Waals surface area contributed by atoms with Gasteiger partial charge in [0.1, 0.15) is 12.2 Å². The number of aliphatic hydroxyl groups is 1. The molecule has 0 spiro atoms. The SMILES string of the molecule is CCOC(=O)CC(=O)CC(O)CCl. The number of carbonyl (C=O) groups is 2. The molecule has 0 saturated heterocycles. The number of rotatable bonds is 6. The molecule has 76 valence electrons. The van der Waals surface area contributed by atoms with Crippen molar-refractivity contribution in [2.75, 3.05) is 12.5 Å². The van der Waals surface area contributed by atoms with E-state index in [-0.39, 0.29) is 31.1 Å². The summed E-state index contributed by atoms with van der Waals surface area (Å²) in [6.45, 7) is 1.92. The van der Waals surface area contributed by atoms with Crippen molar-refractivity contribution in [1.82, 2.24) is 0 Å². The number of alkyl halides is 1. The van der Waals surface area contributed by atoms with E-state index in [0.717, 1.165) is 0 Å². The Morgan fingerprint density at radius 3 is 2.62 bits per heavy atom. The Labute approximate surface area is 81.8 Å². The number of ether oxygens (including phenoxy) is 1. The Morgan fingerprint density at radius 1 is 1.54 bits per heavy atom. The predicted octanol–water partition coefficient (Wildman–Crippen LogP) is 0.499. The molecule has 0 saturated carbocycles. The molecule has 0 heterocycles. The summed E-state index contributed by atoms with van der Waals surface area (Å²) in [7, 11) is 0. The standard InChI is InChI=1S/C8H13ClO4/c1-2-13-8(12)4-6(10)3-7(11)5-9/h7,11H,2-5H2,1H3. The minimum Gasteiger partial charge on any atom is -0.466 e. The largest absolute Gasteiger partial charge is 0.466 e. The zero-order valence-corrected chi connectivity index (χ0v) is 8.21. The monoisotopic (exact) mass is 208 g/mol. The van der Waals surface area contributed by atoms with Crippen molar-refractivity contribution in [2.24, 2.45) is 0 Å². The highest BCUT2D eigenvalue weighted by Gasteiger charge is 2.14. The second kappa shape index (κ2) is 6.86. The fraction of sp³-hybridized carbons (Fsp3) is 0.750. The van der Waals surface area contributed by atoms with E-state index in [4.69, 9.17) is 16.7 Å². The van der Waals surface area contributed by atoms with Crippen LogP contribution in [0.25, 0.3) is 0 Å². The van der Waals surface area contributed by atoms with Gasteiger partial charge in [0.05, 0.1) is 12.7 Å². The van der Waals surface area contributed by atoms with Crippen molar-refractivity contribution in [3.8, 4) is 0 Å². The number of hydrogen-bond donors (Lipinski definition) is 1. The van der Waals surface area contributed by atoms with Gasteiger partial charge in [-0.2, -0.15) is 0 Å². The molecule has 4 nitrogen and oxygen atoms in total. The van der Waals surface area contributed by atoms with Gasteiger partial charge in [0.25, 0.3) is 0 Å². The Kier molecular flexibility index (Phi) is 6.54. The normalized spacial score (nSPS) is 12.2. The molecule has 0 fully saturated rings. The number of Topliss-reactive ketones (excluding diaryl/α,β-unsaturated/α-hetero) is 1. The first kappa shape index (κ1) is 12.4. The van der Waals surface area contributed by atoms with Crippen LogP contribution in [0.5, 0.6) is 0 Å². The molecule has 0 aliphatic rings. The molecule has 13 heavy (non-hydrogen) atoms. The van der Waals surface area contributed by atoms with Crippen LogP contribution in [0, 0.1) is 0 Å². The van der Waals surface area contributed by atoms with Crippen molar-refractivity contribution in [3.05, 3.63) is 0 Å². The summed E-state index contributed by atoms with van der Waals surface area (Å²) in [5, 5.41) is 8.97. The molecule has 0 aromatic carbocycles. The number of ketones is 1.